The molecule has 0 aromatic carbocycles. The van der Waals surface area contributed by atoms with Crippen LogP contribution in [0.25, 0.3) is 6.15 Å². The number of aliphatic hydroxyl groups excluding tert-OH is 1. The first-order valence-corrected chi connectivity index (χ1v) is 2.16. The molecule has 0 radical (unpaired) electrons. The minimum absolute atomic E-state index is 0. The molecule has 1 atom stereocenters. The van der Waals surface area contributed by atoms with E-state index >= 15 is 0 Å². The van der Waals surface area contributed by atoms with Crippen LogP contribution in [0.1, 0.15) is 6.42 Å². The molecular weight excluding hydrogens is 207 g/mol. The van der Waals surface area contributed by atoms with Gasteiger partial charge in [-0.05, 0) is 0 Å². The van der Waals surface area contributed by atoms with Crippen molar-refractivity contribution in [3.63, 3.8) is 0 Å². The van der Waals surface area contributed by atoms with E-state index in [2.05, 4.69) is 0 Å². The zero-order chi connectivity index (χ0) is 7.44. The number of carboxylic acid groups (broad SMARTS) is 2. The van der Waals surface area contributed by atoms with Crippen LogP contribution in [0, 0.1) is 0 Å². The Bertz CT molecular complexity index is 138. The summed E-state index contributed by atoms with van der Waals surface area (Å²) < 4.78 is 0. The summed E-state index contributed by atoms with van der Waals surface area (Å²) in [5.74, 6) is -2.85. The van der Waals surface area contributed by atoms with Crippen LogP contribution in [-0.2, 0) is 29.1 Å². The van der Waals surface area contributed by atoms with E-state index in [4.69, 9.17) is 15.3 Å². The summed E-state index contributed by atoms with van der Waals surface area (Å²) >= 11 is 0. The van der Waals surface area contributed by atoms with Gasteiger partial charge in [-0.1, -0.05) is 0 Å². The predicted molar refractivity (Wildman–Crippen MR) is 31.2 cm³/mol. The van der Waals surface area contributed by atoms with Gasteiger partial charge in [-0.25, -0.2) is 4.79 Å². The molecule has 0 aliphatic carbocycles. The summed E-state index contributed by atoms with van der Waals surface area (Å²) in [6.07, 6.45) is -2.54. The van der Waals surface area contributed by atoms with E-state index in [-0.39, 0.29) is 25.6 Å². The Hall–Kier alpha value is -0.517. The maximum absolute atomic E-state index is 9.72. The van der Waals surface area contributed by atoms with E-state index in [1.807, 2.05) is 0 Å². The molecule has 0 spiro atoms. The zero-order valence-electron chi connectivity index (χ0n) is 5.73. The summed E-state index contributed by atoms with van der Waals surface area (Å²) in [7, 11) is 0. The Morgan fingerprint density at radius 1 is 1.27 bits per heavy atom. The standard InChI is InChI=1S/C4H6O5.H2N.Zn/c5-2(4(8)9)1-3(6)7;;/h2,5H,1H2,(H,6,7)(H,8,9);1H2;/q;-1;. The first-order valence-electron chi connectivity index (χ1n) is 2.16. The second-order valence-corrected chi connectivity index (χ2v) is 1.45. The van der Waals surface area contributed by atoms with Crippen LogP contribution in [0.15, 0.2) is 0 Å². The number of rotatable bonds is 3. The molecule has 0 aliphatic heterocycles. The number of aliphatic carboxylic acids is 2. The van der Waals surface area contributed by atoms with Crippen molar-refractivity contribution < 1.29 is 44.4 Å². The first kappa shape index (κ1) is 16.8. The number of hydrogen-bond donors (Lipinski definition) is 3. The normalized spacial score (nSPS) is 10.3. The van der Waals surface area contributed by atoms with Crippen LogP contribution in [-0.4, -0.2) is 33.4 Å². The molecule has 0 aromatic rings. The van der Waals surface area contributed by atoms with Crippen LogP contribution in [0.3, 0.4) is 0 Å². The van der Waals surface area contributed by atoms with Crippen molar-refractivity contribution in [2.24, 2.45) is 0 Å². The van der Waals surface area contributed by atoms with Gasteiger partial charge in [0.2, 0.25) is 0 Å². The van der Waals surface area contributed by atoms with Gasteiger partial charge in [0.1, 0.15) is 0 Å². The van der Waals surface area contributed by atoms with Crippen molar-refractivity contribution in [2.75, 3.05) is 0 Å². The average molecular weight is 216 g/mol. The van der Waals surface area contributed by atoms with Crippen LogP contribution < -0.4 is 0 Å². The van der Waals surface area contributed by atoms with E-state index in [1.165, 1.54) is 0 Å². The molecule has 1 unspecified atom stereocenters. The number of nitrogens with two attached hydrogens (primary N) is 1. The molecule has 0 saturated heterocycles. The molecule has 7 heteroatoms. The van der Waals surface area contributed by atoms with Crippen LogP contribution in [0.5, 0.6) is 0 Å². The molecule has 0 saturated carbocycles. The Balaban J connectivity index is -0.000000320. The predicted octanol–water partition coefficient (Wildman–Crippen LogP) is -0.379. The van der Waals surface area contributed by atoms with Crippen molar-refractivity contribution in [2.45, 2.75) is 12.5 Å². The smallest absolute Gasteiger partial charge is 0.333 e. The van der Waals surface area contributed by atoms with Gasteiger partial charge < -0.3 is 21.5 Å². The molecule has 0 aliphatic rings. The summed E-state index contributed by atoms with van der Waals surface area (Å²) in [5, 5.41) is 24.1. The first-order chi connectivity index (χ1) is 4.04. The molecule has 6 nitrogen and oxygen atoms in total. The Kier molecular flexibility index (Phi) is 11.6. The van der Waals surface area contributed by atoms with E-state index in [9.17, 15) is 9.59 Å². The van der Waals surface area contributed by atoms with Gasteiger partial charge in [-0.3, -0.25) is 4.79 Å². The number of carbonyl (C=O) groups is 2. The summed E-state index contributed by atoms with van der Waals surface area (Å²) in [5.41, 5.74) is 0. The van der Waals surface area contributed by atoms with E-state index in [0.717, 1.165) is 0 Å². The van der Waals surface area contributed by atoms with Crippen molar-refractivity contribution in [1.82, 2.24) is 0 Å². The fourth-order valence-electron chi connectivity index (χ4n) is 0.253. The minimum atomic E-state index is -1.79. The average Bonchev–Trinajstić information content (AvgIpc) is 1.63. The third-order valence-corrected chi connectivity index (χ3v) is 0.653. The molecule has 0 amide bonds. The van der Waals surface area contributed by atoms with Crippen molar-refractivity contribution in [3.05, 3.63) is 6.15 Å². The van der Waals surface area contributed by atoms with Crippen molar-refractivity contribution in [1.29, 1.82) is 0 Å². The maximum Gasteiger partial charge on any atom is 0.333 e. The van der Waals surface area contributed by atoms with E-state index in [1.54, 1.807) is 0 Å². The monoisotopic (exact) mass is 214 g/mol. The molecule has 0 heterocycles. The van der Waals surface area contributed by atoms with Gasteiger partial charge in [0.15, 0.2) is 6.10 Å². The molecular formula is C4H8NO5Zn-. The molecule has 0 bridgehead atoms. The zero-order valence-corrected chi connectivity index (χ0v) is 8.69. The van der Waals surface area contributed by atoms with Crippen LogP contribution >= 0.6 is 0 Å². The van der Waals surface area contributed by atoms with Gasteiger partial charge in [-0.2, -0.15) is 0 Å². The molecule has 5 N–H and O–H groups in total. The molecule has 11 heavy (non-hydrogen) atoms. The van der Waals surface area contributed by atoms with Gasteiger partial charge in [-0.15, -0.1) is 0 Å². The minimum Gasteiger partial charge on any atom is -0.693 e. The van der Waals surface area contributed by atoms with Gasteiger partial charge in [0.05, 0.1) is 6.42 Å². The van der Waals surface area contributed by atoms with Crippen LogP contribution in [0.4, 0.5) is 0 Å². The Morgan fingerprint density at radius 3 is 1.73 bits per heavy atom. The fourth-order valence-corrected chi connectivity index (χ4v) is 0.253. The Morgan fingerprint density at radius 2 is 1.64 bits per heavy atom. The van der Waals surface area contributed by atoms with Crippen molar-refractivity contribution >= 4 is 11.9 Å². The third-order valence-electron chi connectivity index (χ3n) is 0.653. The van der Waals surface area contributed by atoms with Gasteiger partial charge >= 0.3 is 11.9 Å². The maximum atomic E-state index is 9.72. The van der Waals surface area contributed by atoms with Gasteiger partial charge in [0, 0.05) is 19.5 Å². The number of aliphatic hydroxyl groups is 1. The second kappa shape index (κ2) is 7.59. The molecule has 0 aromatic heterocycles. The number of carboxylic acids is 2. The summed E-state index contributed by atoms with van der Waals surface area (Å²) in [6, 6.07) is 0. The summed E-state index contributed by atoms with van der Waals surface area (Å²) in [6.45, 7) is 0. The molecule has 62 valence electrons. The topological polar surface area (TPSA) is 128 Å². The number of hydrogen-bond acceptors (Lipinski definition) is 3. The fraction of sp³-hybridized carbons (Fsp3) is 0.500. The van der Waals surface area contributed by atoms with Gasteiger partial charge in [0.25, 0.3) is 0 Å². The summed E-state index contributed by atoms with van der Waals surface area (Å²) in [4.78, 5) is 19.4. The molecule has 0 fully saturated rings. The van der Waals surface area contributed by atoms with Crippen molar-refractivity contribution in [3.8, 4) is 0 Å². The van der Waals surface area contributed by atoms with E-state index in [0.29, 0.717) is 0 Å². The Labute approximate surface area is 75.6 Å². The van der Waals surface area contributed by atoms with Crippen LogP contribution in [0.2, 0.25) is 0 Å². The molecule has 0 rings (SSSR count). The second-order valence-electron chi connectivity index (χ2n) is 1.45. The largest absolute Gasteiger partial charge is 0.693 e. The quantitative estimate of drug-likeness (QED) is 0.553. The SMILES string of the molecule is O=C(O)CC(O)C(=O)O.[NH2-].[Zn]. The third kappa shape index (κ3) is 9.48. The van der Waals surface area contributed by atoms with E-state index < -0.39 is 24.5 Å².